The minimum Gasteiger partial charge on any atom is -0.472 e. The lowest BCUT2D eigenvalue weighted by Gasteiger charge is -2.14. The third-order valence-electron chi connectivity index (χ3n) is 2.71. The van der Waals surface area contributed by atoms with Crippen LogP contribution in [0.5, 0.6) is 5.88 Å². The van der Waals surface area contributed by atoms with Crippen molar-refractivity contribution in [2.24, 2.45) is 5.92 Å². The monoisotopic (exact) mass is 302 g/mol. The molecule has 2 unspecified atom stereocenters. The number of hydrogen-bond acceptors (Lipinski definition) is 4. The molecule has 0 radical (unpaired) electrons. The van der Waals surface area contributed by atoms with Crippen LogP contribution in [0.2, 0.25) is 0 Å². The average molecular weight is 302 g/mol. The molecule has 0 aromatic carbocycles. The summed E-state index contributed by atoms with van der Waals surface area (Å²) in [6, 6.07) is 2.79. The molecule has 1 aromatic heterocycles. The maximum absolute atomic E-state index is 12.0. The molecule has 2 atom stereocenters. The number of nitrogens with one attached hydrogen (secondary N) is 1. The van der Waals surface area contributed by atoms with Crippen molar-refractivity contribution < 1.29 is 23.4 Å². The summed E-state index contributed by atoms with van der Waals surface area (Å²) in [5.41, 5.74) is 0.290. The molecule has 2 N–H and O–H groups in total. The number of halogens is 2. The standard InChI is InChI=1S/C14H20F2N2O3/c1-9(5-10(2)19)7-18-14(20)11-3-4-17-13(6-11)21-8-12(15)16/h3-4,6,9-10,12,19H,5,7-8H2,1-2H3,(H,18,20). The van der Waals surface area contributed by atoms with Crippen molar-refractivity contribution in [3.8, 4) is 5.88 Å². The number of carbonyl (C=O) groups excluding carboxylic acids is 1. The van der Waals surface area contributed by atoms with Gasteiger partial charge >= 0.3 is 0 Å². The fourth-order valence-corrected chi connectivity index (χ4v) is 1.81. The predicted octanol–water partition coefficient (Wildman–Crippen LogP) is 1.86. The van der Waals surface area contributed by atoms with E-state index in [0.29, 0.717) is 18.5 Å². The SMILES string of the molecule is CC(O)CC(C)CNC(=O)c1ccnc(OCC(F)F)c1. The van der Waals surface area contributed by atoms with Gasteiger partial charge in [-0.25, -0.2) is 13.8 Å². The van der Waals surface area contributed by atoms with E-state index < -0.39 is 19.1 Å². The first-order valence-corrected chi connectivity index (χ1v) is 6.71. The maximum atomic E-state index is 12.0. The Morgan fingerprint density at radius 2 is 2.19 bits per heavy atom. The number of amides is 1. The topological polar surface area (TPSA) is 71.5 Å². The highest BCUT2D eigenvalue weighted by Gasteiger charge is 2.11. The molecule has 0 aliphatic heterocycles. The van der Waals surface area contributed by atoms with Crippen molar-refractivity contribution in [1.82, 2.24) is 10.3 Å². The lowest BCUT2D eigenvalue weighted by Crippen LogP contribution is -2.29. The lowest BCUT2D eigenvalue weighted by molar-refractivity contribution is 0.0794. The third kappa shape index (κ3) is 6.99. The first kappa shape index (κ1) is 17.3. The molecule has 0 aliphatic rings. The molecule has 1 amide bonds. The van der Waals surface area contributed by atoms with Gasteiger partial charge in [-0.2, -0.15) is 0 Å². The maximum Gasteiger partial charge on any atom is 0.272 e. The highest BCUT2D eigenvalue weighted by atomic mass is 19.3. The Bertz CT molecular complexity index is 456. The van der Waals surface area contributed by atoms with Crippen LogP contribution in [-0.2, 0) is 0 Å². The molecule has 0 saturated heterocycles. The Kier molecular flexibility index (Phi) is 7.01. The van der Waals surface area contributed by atoms with Gasteiger partial charge in [-0.05, 0) is 25.3 Å². The Labute approximate surface area is 122 Å². The van der Waals surface area contributed by atoms with Crippen LogP contribution in [0.3, 0.4) is 0 Å². The molecular formula is C14H20F2N2O3. The van der Waals surface area contributed by atoms with Crippen molar-refractivity contribution in [2.75, 3.05) is 13.2 Å². The molecule has 118 valence electrons. The summed E-state index contributed by atoms with van der Waals surface area (Å²) in [7, 11) is 0. The fraction of sp³-hybridized carbons (Fsp3) is 0.571. The summed E-state index contributed by atoms with van der Waals surface area (Å²) in [5.74, 6) is -0.220. The second-order valence-corrected chi connectivity index (χ2v) is 4.98. The van der Waals surface area contributed by atoms with Crippen LogP contribution in [-0.4, -0.2) is 41.7 Å². The van der Waals surface area contributed by atoms with E-state index in [2.05, 4.69) is 10.3 Å². The lowest BCUT2D eigenvalue weighted by atomic mass is 10.0. The Morgan fingerprint density at radius 1 is 1.48 bits per heavy atom. The fourth-order valence-electron chi connectivity index (χ4n) is 1.81. The zero-order valence-corrected chi connectivity index (χ0v) is 12.1. The largest absolute Gasteiger partial charge is 0.472 e. The minimum absolute atomic E-state index is 0.0139. The minimum atomic E-state index is -2.59. The van der Waals surface area contributed by atoms with Crippen LogP contribution < -0.4 is 10.1 Å². The van der Waals surface area contributed by atoms with E-state index in [1.54, 1.807) is 6.92 Å². The quantitative estimate of drug-likeness (QED) is 0.769. The molecule has 21 heavy (non-hydrogen) atoms. The number of rotatable bonds is 8. The van der Waals surface area contributed by atoms with Gasteiger partial charge in [0.05, 0.1) is 6.10 Å². The molecule has 0 aliphatic carbocycles. The first-order chi connectivity index (χ1) is 9.88. The summed E-state index contributed by atoms with van der Waals surface area (Å²) in [6.07, 6.45) is -1.10. The van der Waals surface area contributed by atoms with Crippen LogP contribution >= 0.6 is 0 Å². The molecule has 0 saturated carbocycles. The number of aromatic nitrogens is 1. The average Bonchev–Trinajstić information content (AvgIpc) is 2.42. The molecule has 7 heteroatoms. The zero-order chi connectivity index (χ0) is 15.8. The molecule has 0 spiro atoms. The predicted molar refractivity (Wildman–Crippen MR) is 73.5 cm³/mol. The Balaban J connectivity index is 2.52. The number of pyridine rings is 1. The summed E-state index contributed by atoms with van der Waals surface area (Å²) in [6.45, 7) is 3.26. The van der Waals surface area contributed by atoms with Gasteiger partial charge in [-0.3, -0.25) is 4.79 Å². The summed E-state index contributed by atoms with van der Waals surface area (Å²) >= 11 is 0. The van der Waals surface area contributed by atoms with E-state index in [1.165, 1.54) is 18.3 Å². The molecule has 5 nitrogen and oxygen atoms in total. The normalized spacial score (nSPS) is 13.8. The second kappa shape index (κ2) is 8.51. The van der Waals surface area contributed by atoms with Crippen LogP contribution in [0.1, 0.15) is 30.6 Å². The number of aliphatic hydroxyl groups is 1. The zero-order valence-electron chi connectivity index (χ0n) is 12.1. The molecule has 1 heterocycles. The van der Waals surface area contributed by atoms with Crippen molar-refractivity contribution in [3.63, 3.8) is 0 Å². The van der Waals surface area contributed by atoms with Gasteiger partial charge in [0.1, 0.15) is 0 Å². The van der Waals surface area contributed by atoms with E-state index in [-0.39, 0.29) is 17.7 Å². The first-order valence-electron chi connectivity index (χ1n) is 6.71. The Hall–Kier alpha value is -1.76. The molecule has 1 rings (SSSR count). The van der Waals surface area contributed by atoms with E-state index >= 15 is 0 Å². The van der Waals surface area contributed by atoms with Gasteiger partial charge in [-0.15, -0.1) is 0 Å². The van der Waals surface area contributed by atoms with Gasteiger partial charge in [0.15, 0.2) is 6.61 Å². The molecular weight excluding hydrogens is 282 g/mol. The highest BCUT2D eigenvalue weighted by molar-refractivity contribution is 5.94. The Morgan fingerprint density at radius 3 is 2.81 bits per heavy atom. The van der Waals surface area contributed by atoms with Crippen LogP contribution in [0.15, 0.2) is 18.3 Å². The van der Waals surface area contributed by atoms with Gasteiger partial charge in [0.2, 0.25) is 5.88 Å². The van der Waals surface area contributed by atoms with E-state index in [4.69, 9.17) is 4.74 Å². The summed E-state index contributed by atoms with van der Waals surface area (Å²) in [4.78, 5) is 15.7. The summed E-state index contributed by atoms with van der Waals surface area (Å²) < 4.78 is 28.8. The highest BCUT2D eigenvalue weighted by Crippen LogP contribution is 2.11. The van der Waals surface area contributed by atoms with Gasteiger partial charge in [0, 0.05) is 24.4 Å². The second-order valence-electron chi connectivity index (χ2n) is 4.98. The van der Waals surface area contributed by atoms with Crippen LogP contribution in [0.4, 0.5) is 8.78 Å². The van der Waals surface area contributed by atoms with Crippen LogP contribution in [0, 0.1) is 5.92 Å². The van der Waals surface area contributed by atoms with E-state index in [9.17, 15) is 18.7 Å². The van der Waals surface area contributed by atoms with Crippen molar-refractivity contribution in [1.29, 1.82) is 0 Å². The number of hydrogen-bond donors (Lipinski definition) is 2. The van der Waals surface area contributed by atoms with Crippen molar-refractivity contribution in [3.05, 3.63) is 23.9 Å². The molecule has 1 aromatic rings. The number of ether oxygens (including phenoxy) is 1. The van der Waals surface area contributed by atoms with Gasteiger partial charge < -0.3 is 15.2 Å². The van der Waals surface area contributed by atoms with Gasteiger partial charge in [-0.1, -0.05) is 6.92 Å². The van der Waals surface area contributed by atoms with Crippen molar-refractivity contribution >= 4 is 5.91 Å². The number of nitrogens with zero attached hydrogens (tertiary/aromatic N) is 1. The van der Waals surface area contributed by atoms with Crippen molar-refractivity contribution in [2.45, 2.75) is 32.8 Å². The number of aliphatic hydroxyl groups excluding tert-OH is 1. The third-order valence-corrected chi connectivity index (χ3v) is 2.71. The van der Waals surface area contributed by atoms with Crippen LogP contribution in [0.25, 0.3) is 0 Å². The summed E-state index contributed by atoms with van der Waals surface area (Å²) in [5, 5.41) is 12.0. The smallest absolute Gasteiger partial charge is 0.272 e. The molecule has 0 fully saturated rings. The van der Waals surface area contributed by atoms with E-state index in [0.717, 1.165) is 0 Å². The molecule has 0 bridgehead atoms. The number of carbonyl (C=O) groups is 1. The number of alkyl halides is 2. The van der Waals surface area contributed by atoms with Gasteiger partial charge in [0.25, 0.3) is 12.3 Å². The van der Waals surface area contributed by atoms with E-state index in [1.807, 2.05) is 6.92 Å².